The molecule has 5 heteroatoms. The Labute approximate surface area is 140 Å². The molecule has 0 fully saturated rings. The molecule has 2 aromatic rings. The fraction of sp³-hybridized carbons (Fsp3) is 0.222. The van der Waals surface area contributed by atoms with Gasteiger partial charge in [-0.3, -0.25) is 9.59 Å². The van der Waals surface area contributed by atoms with Crippen LogP contribution in [0.4, 0.5) is 5.69 Å². The van der Waals surface area contributed by atoms with Crippen LogP contribution in [0.5, 0.6) is 0 Å². The average molecular weight is 328 g/mol. The van der Waals surface area contributed by atoms with E-state index >= 15 is 0 Å². The summed E-state index contributed by atoms with van der Waals surface area (Å²) in [7, 11) is 1.64. The predicted molar refractivity (Wildman–Crippen MR) is 94.6 cm³/mol. The molecule has 0 aromatic heterocycles. The third-order valence-corrected chi connectivity index (χ3v) is 4.24. The van der Waals surface area contributed by atoms with Gasteiger partial charge in [-0.1, -0.05) is 35.9 Å². The molecule has 2 aromatic carbocycles. The van der Waals surface area contributed by atoms with Crippen LogP contribution in [-0.4, -0.2) is 36.1 Å². The van der Waals surface area contributed by atoms with Crippen molar-refractivity contribution < 1.29 is 9.59 Å². The predicted octanol–water partition coefficient (Wildman–Crippen LogP) is 3.18. The molecule has 0 saturated heterocycles. The van der Waals surface area contributed by atoms with Crippen molar-refractivity contribution in [2.24, 2.45) is 0 Å². The van der Waals surface area contributed by atoms with Crippen molar-refractivity contribution >= 4 is 29.3 Å². The van der Waals surface area contributed by atoms with E-state index in [1.807, 2.05) is 61.5 Å². The van der Waals surface area contributed by atoms with Gasteiger partial charge in [0.1, 0.15) is 0 Å². The van der Waals surface area contributed by atoms with Crippen LogP contribution in [0, 0.1) is 6.92 Å². The summed E-state index contributed by atoms with van der Waals surface area (Å²) in [6, 6.07) is 17.2. The normalized spacial score (nSPS) is 10.2. The van der Waals surface area contributed by atoms with Crippen LogP contribution in [0.3, 0.4) is 0 Å². The van der Waals surface area contributed by atoms with Crippen molar-refractivity contribution in [3.05, 3.63) is 60.2 Å². The van der Waals surface area contributed by atoms with Gasteiger partial charge in [0.2, 0.25) is 11.8 Å². The first-order chi connectivity index (χ1) is 11.0. The lowest BCUT2D eigenvalue weighted by molar-refractivity contribution is -0.131. The van der Waals surface area contributed by atoms with Crippen molar-refractivity contribution in [1.29, 1.82) is 0 Å². The lowest BCUT2D eigenvalue weighted by Gasteiger charge is -2.16. The van der Waals surface area contributed by atoms with Crippen LogP contribution in [0.2, 0.25) is 0 Å². The van der Waals surface area contributed by atoms with Crippen molar-refractivity contribution in [3.63, 3.8) is 0 Å². The number of nitrogens with zero attached hydrogens (tertiary/aromatic N) is 1. The second kappa shape index (κ2) is 8.39. The zero-order valence-corrected chi connectivity index (χ0v) is 14.1. The average Bonchev–Trinajstić information content (AvgIpc) is 2.54. The number of hydrogen-bond acceptors (Lipinski definition) is 3. The van der Waals surface area contributed by atoms with Gasteiger partial charge in [0.05, 0.1) is 12.3 Å². The maximum Gasteiger partial charge on any atom is 0.243 e. The third-order valence-electron chi connectivity index (χ3n) is 3.25. The zero-order chi connectivity index (χ0) is 16.7. The van der Waals surface area contributed by atoms with Crippen LogP contribution in [-0.2, 0) is 9.59 Å². The van der Waals surface area contributed by atoms with Crippen molar-refractivity contribution in [2.75, 3.05) is 24.7 Å². The van der Waals surface area contributed by atoms with Gasteiger partial charge >= 0.3 is 0 Å². The smallest absolute Gasteiger partial charge is 0.243 e. The van der Waals surface area contributed by atoms with Gasteiger partial charge in [0.15, 0.2) is 0 Å². The molecule has 23 heavy (non-hydrogen) atoms. The van der Waals surface area contributed by atoms with Gasteiger partial charge in [0, 0.05) is 17.6 Å². The minimum Gasteiger partial charge on any atom is -0.336 e. The van der Waals surface area contributed by atoms with E-state index in [1.165, 1.54) is 22.2 Å². The van der Waals surface area contributed by atoms with Crippen LogP contribution in [0.25, 0.3) is 0 Å². The monoisotopic (exact) mass is 328 g/mol. The number of anilines is 1. The number of likely N-dealkylation sites (N-methyl/N-ethyl adjacent to an activating group) is 1. The van der Waals surface area contributed by atoms with Gasteiger partial charge in [-0.2, -0.15) is 0 Å². The summed E-state index contributed by atoms with van der Waals surface area (Å²) in [5, 5.41) is 2.77. The van der Waals surface area contributed by atoms with Crippen LogP contribution in [0.1, 0.15) is 5.56 Å². The second-order valence-electron chi connectivity index (χ2n) is 5.27. The lowest BCUT2D eigenvalue weighted by Crippen LogP contribution is -2.35. The highest BCUT2D eigenvalue weighted by atomic mass is 32.2. The largest absolute Gasteiger partial charge is 0.336 e. The number of rotatable bonds is 6. The van der Waals surface area contributed by atoms with Gasteiger partial charge < -0.3 is 10.2 Å². The van der Waals surface area contributed by atoms with E-state index in [0.717, 1.165) is 10.6 Å². The quantitative estimate of drug-likeness (QED) is 0.829. The molecule has 120 valence electrons. The molecule has 0 saturated carbocycles. The molecule has 0 spiro atoms. The molecule has 0 aliphatic rings. The van der Waals surface area contributed by atoms with E-state index in [1.54, 1.807) is 7.05 Å². The standard InChI is InChI=1S/C18H20N2O2S/c1-14-8-10-16(11-9-14)23-13-18(22)20(2)12-17(21)19-15-6-4-3-5-7-15/h3-11H,12-13H2,1-2H3,(H,19,21). The minimum absolute atomic E-state index is 0.0438. The number of benzene rings is 2. The fourth-order valence-electron chi connectivity index (χ4n) is 1.92. The second-order valence-corrected chi connectivity index (χ2v) is 6.31. The Morgan fingerprint density at radius 3 is 2.35 bits per heavy atom. The van der Waals surface area contributed by atoms with Gasteiger partial charge in [0.25, 0.3) is 0 Å². The van der Waals surface area contributed by atoms with Crippen LogP contribution < -0.4 is 5.32 Å². The number of thioether (sulfide) groups is 1. The number of aryl methyl sites for hydroxylation is 1. The van der Waals surface area contributed by atoms with Gasteiger partial charge in [-0.05, 0) is 31.2 Å². The van der Waals surface area contributed by atoms with E-state index in [2.05, 4.69) is 5.32 Å². The molecule has 0 aliphatic carbocycles. The Balaban J connectivity index is 1.78. The van der Waals surface area contributed by atoms with E-state index in [4.69, 9.17) is 0 Å². The van der Waals surface area contributed by atoms with Crippen molar-refractivity contribution in [1.82, 2.24) is 4.90 Å². The summed E-state index contributed by atoms with van der Waals surface area (Å²) < 4.78 is 0. The molecule has 2 rings (SSSR count). The molecule has 0 bridgehead atoms. The Kier molecular flexibility index (Phi) is 6.23. The minimum atomic E-state index is -0.201. The first-order valence-electron chi connectivity index (χ1n) is 7.33. The third kappa shape index (κ3) is 5.79. The molecule has 0 aliphatic heterocycles. The number of carbonyl (C=O) groups is 2. The van der Waals surface area contributed by atoms with Crippen molar-refractivity contribution in [3.8, 4) is 0 Å². The highest BCUT2D eigenvalue weighted by molar-refractivity contribution is 8.00. The molecule has 1 N–H and O–H groups in total. The summed E-state index contributed by atoms with van der Waals surface area (Å²) in [5.41, 5.74) is 1.92. The van der Waals surface area contributed by atoms with Gasteiger partial charge in [-0.15, -0.1) is 11.8 Å². The summed E-state index contributed by atoms with van der Waals surface area (Å²) in [6.45, 7) is 2.07. The molecule has 0 atom stereocenters. The van der Waals surface area contributed by atoms with E-state index in [0.29, 0.717) is 5.75 Å². The summed E-state index contributed by atoms with van der Waals surface area (Å²) in [5.74, 6) is 0.0456. The number of nitrogens with one attached hydrogen (secondary N) is 1. The van der Waals surface area contributed by atoms with E-state index in [9.17, 15) is 9.59 Å². The molecule has 0 radical (unpaired) electrons. The maximum absolute atomic E-state index is 12.1. The fourth-order valence-corrected chi connectivity index (χ4v) is 2.75. The number of hydrogen-bond donors (Lipinski definition) is 1. The van der Waals surface area contributed by atoms with Crippen molar-refractivity contribution in [2.45, 2.75) is 11.8 Å². The Hall–Kier alpha value is -2.27. The lowest BCUT2D eigenvalue weighted by atomic mass is 10.2. The number of carbonyl (C=O) groups excluding carboxylic acids is 2. The highest BCUT2D eigenvalue weighted by Gasteiger charge is 2.13. The first kappa shape index (κ1) is 17.1. The van der Waals surface area contributed by atoms with Crippen LogP contribution >= 0.6 is 11.8 Å². The first-order valence-corrected chi connectivity index (χ1v) is 8.31. The molecule has 0 unspecified atom stereocenters. The van der Waals surface area contributed by atoms with E-state index < -0.39 is 0 Å². The summed E-state index contributed by atoms with van der Waals surface area (Å²) in [6.07, 6.45) is 0. The Morgan fingerprint density at radius 1 is 1.04 bits per heavy atom. The SMILES string of the molecule is Cc1ccc(SCC(=O)N(C)CC(=O)Nc2ccccc2)cc1. The number of amides is 2. The zero-order valence-electron chi connectivity index (χ0n) is 13.3. The molecule has 4 nitrogen and oxygen atoms in total. The number of para-hydroxylation sites is 1. The molecular weight excluding hydrogens is 308 g/mol. The van der Waals surface area contributed by atoms with E-state index in [-0.39, 0.29) is 18.4 Å². The van der Waals surface area contributed by atoms with Gasteiger partial charge in [-0.25, -0.2) is 0 Å². The highest BCUT2D eigenvalue weighted by Crippen LogP contribution is 2.18. The topological polar surface area (TPSA) is 49.4 Å². The Bertz CT molecular complexity index is 656. The molecule has 0 heterocycles. The summed E-state index contributed by atoms with van der Waals surface area (Å²) >= 11 is 1.47. The molecular formula is C18H20N2O2S. The Morgan fingerprint density at radius 2 is 1.70 bits per heavy atom. The summed E-state index contributed by atoms with van der Waals surface area (Å²) in [4.78, 5) is 26.5. The maximum atomic E-state index is 12.1. The van der Waals surface area contributed by atoms with Crippen LogP contribution in [0.15, 0.2) is 59.5 Å². The molecule has 2 amide bonds.